The van der Waals surface area contributed by atoms with Gasteiger partial charge in [-0.15, -0.1) is 0 Å². The van der Waals surface area contributed by atoms with Gasteiger partial charge in [0.15, 0.2) is 5.65 Å². The first-order valence-electron chi connectivity index (χ1n) is 13.7. The third kappa shape index (κ3) is 5.78. The highest BCUT2D eigenvalue weighted by atomic mass is 16.5. The van der Waals surface area contributed by atoms with Gasteiger partial charge in [-0.1, -0.05) is 0 Å². The highest BCUT2D eigenvalue weighted by Gasteiger charge is 2.53. The van der Waals surface area contributed by atoms with E-state index in [1.165, 1.54) is 30.8 Å². The molecule has 0 radical (unpaired) electrons. The number of ether oxygens (including phenoxy) is 1. The number of anilines is 1. The van der Waals surface area contributed by atoms with Gasteiger partial charge in [0.25, 0.3) is 5.91 Å². The summed E-state index contributed by atoms with van der Waals surface area (Å²) in [5, 5.41) is 7.60. The summed E-state index contributed by atoms with van der Waals surface area (Å²) in [6, 6.07) is 3.99. The summed E-state index contributed by atoms with van der Waals surface area (Å²) in [5.74, 6) is 1.43. The molecule has 3 N–H and O–H groups in total. The van der Waals surface area contributed by atoms with Crippen LogP contribution in [0.5, 0.6) is 0 Å². The molecule has 11 nitrogen and oxygen atoms in total. The third-order valence-corrected chi connectivity index (χ3v) is 7.58. The number of pyridine rings is 1. The molecule has 40 heavy (non-hydrogen) atoms. The van der Waals surface area contributed by atoms with Crippen LogP contribution in [-0.2, 0) is 20.9 Å². The molecule has 3 aliphatic carbocycles. The van der Waals surface area contributed by atoms with Crippen molar-refractivity contribution in [3.8, 4) is 0 Å². The highest BCUT2D eigenvalue weighted by Crippen LogP contribution is 2.49. The second-order valence-electron chi connectivity index (χ2n) is 10.9. The molecule has 4 heterocycles. The number of fused-ring (bicyclic) bond motifs is 2. The van der Waals surface area contributed by atoms with E-state index in [0.717, 1.165) is 49.1 Å². The van der Waals surface area contributed by atoms with Gasteiger partial charge in [0, 0.05) is 48.7 Å². The van der Waals surface area contributed by atoms with E-state index in [1.54, 1.807) is 6.20 Å². The van der Waals surface area contributed by atoms with E-state index in [2.05, 4.69) is 27.2 Å². The molecular formula is C29H32N8O3. The lowest BCUT2D eigenvalue weighted by atomic mass is 10.1. The molecule has 0 bridgehead atoms. The van der Waals surface area contributed by atoms with Crippen LogP contribution in [-0.4, -0.2) is 49.8 Å². The second kappa shape index (κ2) is 10.6. The van der Waals surface area contributed by atoms with Gasteiger partial charge < -0.3 is 25.2 Å². The fraction of sp³-hybridized carbons (Fsp3) is 0.414. The maximum Gasteiger partial charge on any atom is 0.250 e. The first kappa shape index (κ1) is 25.8. The Balaban J connectivity index is 0.000000363. The van der Waals surface area contributed by atoms with Crippen LogP contribution in [0.1, 0.15) is 55.0 Å². The third-order valence-electron chi connectivity index (χ3n) is 7.58. The number of aromatic nitrogens is 4. The summed E-state index contributed by atoms with van der Waals surface area (Å²) in [5.41, 5.74) is 10.4. The minimum atomic E-state index is -0.221. The number of aryl methyl sites for hydroxylation is 1. The number of piperidine rings is 1. The van der Waals surface area contributed by atoms with Crippen LogP contribution >= 0.6 is 0 Å². The Morgan fingerprint density at radius 2 is 2.10 bits per heavy atom. The number of imidazole rings is 1. The molecule has 3 aromatic rings. The first-order valence-corrected chi connectivity index (χ1v) is 13.7. The average molecular weight is 541 g/mol. The standard InChI is InChI=1S/C24H26N6O3.C5H6N2/c25-8-18(7-21(26)28-23(31)14-3-4-14)33-12-17-11-29-9-15(13-1-2-13)6-20(22(29)27-17)30-10-16-5-19(16)24(30)32;1-5-2-3-6-4-7-5/h6-9,11,13-14,16,19,25H,1-5,10,12H2,(H2,26,28,31);2-4H,1H3/b18-7+,25-8?;. The van der Waals surface area contributed by atoms with E-state index in [1.807, 2.05) is 28.5 Å². The number of nitrogens with two attached hydrogens (primary N) is 1. The summed E-state index contributed by atoms with van der Waals surface area (Å²) in [6.07, 6.45) is 14.8. The quantitative estimate of drug-likeness (QED) is 0.253. The predicted octanol–water partition coefficient (Wildman–Crippen LogP) is 3.32. The molecule has 206 valence electrons. The van der Waals surface area contributed by atoms with E-state index < -0.39 is 0 Å². The van der Waals surface area contributed by atoms with E-state index in [9.17, 15) is 9.59 Å². The monoisotopic (exact) mass is 540 g/mol. The van der Waals surface area contributed by atoms with Gasteiger partial charge >= 0.3 is 0 Å². The Morgan fingerprint density at radius 1 is 1.27 bits per heavy atom. The van der Waals surface area contributed by atoms with E-state index in [-0.39, 0.29) is 41.9 Å². The zero-order valence-corrected chi connectivity index (χ0v) is 22.4. The topological polar surface area (TPSA) is 152 Å². The van der Waals surface area contributed by atoms with Gasteiger partial charge in [0.1, 0.15) is 24.5 Å². The molecule has 1 saturated heterocycles. The summed E-state index contributed by atoms with van der Waals surface area (Å²) in [4.78, 5) is 42.7. The molecule has 3 saturated carbocycles. The lowest BCUT2D eigenvalue weighted by molar-refractivity contribution is -0.119. The number of rotatable bonds is 8. The zero-order chi connectivity index (χ0) is 27.8. The van der Waals surface area contributed by atoms with Gasteiger partial charge in [-0.05, 0) is 68.6 Å². The minimum absolute atomic E-state index is 0.0117. The SMILES string of the molecule is Cc1ccncn1.N=C/C(=C\C(N)=NC(=O)C1CC1)OCc1cn2cc(C3CC3)cc(N3CC4CC4C3=O)c2n1. The zero-order valence-electron chi connectivity index (χ0n) is 22.4. The van der Waals surface area contributed by atoms with Crippen LogP contribution in [0.2, 0.25) is 0 Å². The molecule has 0 spiro atoms. The lowest BCUT2D eigenvalue weighted by Crippen LogP contribution is -2.28. The molecule has 3 aromatic heterocycles. The van der Waals surface area contributed by atoms with Crippen molar-refractivity contribution >= 4 is 35.2 Å². The van der Waals surface area contributed by atoms with Crippen molar-refractivity contribution in [3.05, 3.63) is 65.8 Å². The van der Waals surface area contributed by atoms with Crippen LogP contribution in [0.4, 0.5) is 5.69 Å². The number of aliphatic imine (C=N–C) groups is 1. The summed E-state index contributed by atoms with van der Waals surface area (Å²) in [7, 11) is 0. The number of hydrogen-bond acceptors (Lipinski definition) is 7. The lowest BCUT2D eigenvalue weighted by Gasteiger charge is -2.20. The van der Waals surface area contributed by atoms with Crippen LogP contribution in [0, 0.1) is 30.1 Å². The highest BCUT2D eigenvalue weighted by molar-refractivity contribution is 6.03. The number of hydrogen-bond donors (Lipinski definition) is 2. The van der Waals surface area contributed by atoms with Crippen molar-refractivity contribution in [1.29, 1.82) is 5.41 Å². The number of nitrogens with zero attached hydrogens (tertiary/aromatic N) is 6. The molecule has 1 aliphatic heterocycles. The second-order valence-corrected chi connectivity index (χ2v) is 10.9. The molecule has 7 rings (SSSR count). The smallest absolute Gasteiger partial charge is 0.250 e. The Kier molecular flexibility index (Phi) is 6.87. The number of carbonyl (C=O) groups excluding carboxylic acids is 2. The fourth-order valence-electron chi connectivity index (χ4n) is 4.92. The summed E-state index contributed by atoms with van der Waals surface area (Å²) >= 11 is 0. The minimum Gasteiger partial charge on any atom is -0.486 e. The summed E-state index contributed by atoms with van der Waals surface area (Å²) in [6.45, 7) is 2.83. The molecule has 0 aromatic carbocycles. The molecule has 4 fully saturated rings. The maximum absolute atomic E-state index is 12.8. The van der Waals surface area contributed by atoms with Gasteiger partial charge in [0.2, 0.25) is 5.91 Å². The maximum atomic E-state index is 12.8. The number of nitrogens with one attached hydrogen (secondary N) is 1. The van der Waals surface area contributed by atoms with Crippen LogP contribution in [0.3, 0.4) is 0 Å². The van der Waals surface area contributed by atoms with Crippen molar-refractivity contribution < 1.29 is 14.3 Å². The van der Waals surface area contributed by atoms with Crippen LogP contribution in [0.25, 0.3) is 5.65 Å². The van der Waals surface area contributed by atoms with E-state index in [4.69, 9.17) is 20.9 Å². The number of amides is 2. The predicted molar refractivity (Wildman–Crippen MR) is 149 cm³/mol. The van der Waals surface area contributed by atoms with E-state index in [0.29, 0.717) is 17.5 Å². The number of amidine groups is 1. The largest absolute Gasteiger partial charge is 0.486 e. The summed E-state index contributed by atoms with van der Waals surface area (Å²) < 4.78 is 7.71. The van der Waals surface area contributed by atoms with Crippen molar-refractivity contribution in [3.63, 3.8) is 0 Å². The molecule has 2 unspecified atom stereocenters. The average Bonchev–Trinajstić information content (AvgIpc) is 3.83. The molecule has 4 aliphatic rings. The van der Waals surface area contributed by atoms with Gasteiger partial charge in [-0.3, -0.25) is 9.59 Å². The van der Waals surface area contributed by atoms with Crippen LogP contribution in [0.15, 0.2) is 53.9 Å². The normalized spacial score (nSPS) is 22.0. The molecule has 11 heteroatoms. The number of allylic oxidation sites excluding steroid dienone is 1. The Labute approximate surface area is 231 Å². The molecular weight excluding hydrogens is 508 g/mol. The van der Waals surface area contributed by atoms with Gasteiger partial charge in [0.05, 0.1) is 17.6 Å². The Hall–Kier alpha value is -4.41. The van der Waals surface area contributed by atoms with Crippen LogP contribution < -0.4 is 10.6 Å². The fourth-order valence-corrected chi connectivity index (χ4v) is 4.92. The van der Waals surface area contributed by atoms with Gasteiger partial charge in [-0.25, -0.2) is 15.0 Å². The van der Waals surface area contributed by atoms with Gasteiger partial charge in [-0.2, -0.15) is 4.99 Å². The van der Waals surface area contributed by atoms with Crippen molar-refractivity contribution in [2.24, 2.45) is 28.5 Å². The Bertz CT molecular complexity index is 1520. The van der Waals surface area contributed by atoms with Crippen molar-refractivity contribution in [2.75, 3.05) is 11.4 Å². The molecule has 2 atom stereocenters. The molecule has 2 amide bonds. The first-order chi connectivity index (χ1) is 19.4. The van der Waals surface area contributed by atoms with E-state index >= 15 is 0 Å². The van der Waals surface area contributed by atoms with Crippen molar-refractivity contribution in [2.45, 2.75) is 51.6 Å². The number of carbonyl (C=O) groups is 2. The Morgan fingerprint density at radius 3 is 2.70 bits per heavy atom. The van der Waals surface area contributed by atoms with Crippen molar-refractivity contribution in [1.82, 2.24) is 19.4 Å².